The van der Waals surface area contributed by atoms with Crippen LogP contribution in [-0.4, -0.2) is 87.5 Å². The van der Waals surface area contributed by atoms with Gasteiger partial charge in [0, 0.05) is 6.42 Å². The summed E-state index contributed by atoms with van der Waals surface area (Å²) in [6.07, 6.45) is 58.8. The first-order valence-electron chi connectivity index (χ1n) is 28.5. The lowest BCUT2D eigenvalue weighted by Crippen LogP contribution is -2.60. The third kappa shape index (κ3) is 37.7. The van der Waals surface area contributed by atoms with Gasteiger partial charge in [-0.2, -0.15) is 0 Å². The van der Waals surface area contributed by atoms with Crippen LogP contribution in [0.25, 0.3) is 0 Å². The molecule has 1 fully saturated rings. The molecule has 0 aliphatic carbocycles. The van der Waals surface area contributed by atoms with E-state index in [9.17, 15) is 30.3 Å². The van der Waals surface area contributed by atoms with Gasteiger partial charge < -0.3 is 40.3 Å². The van der Waals surface area contributed by atoms with Gasteiger partial charge in [-0.05, 0) is 64.2 Å². The molecule has 0 saturated carbocycles. The van der Waals surface area contributed by atoms with Gasteiger partial charge in [0.15, 0.2) is 6.29 Å². The Hall–Kier alpha value is -2.11. The average molecular weight is 959 g/mol. The zero-order valence-corrected chi connectivity index (χ0v) is 43.9. The van der Waals surface area contributed by atoms with Crippen molar-refractivity contribution in [3.8, 4) is 0 Å². The van der Waals surface area contributed by atoms with E-state index in [2.05, 4.69) is 67.8 Å². The fourth-order valence-electron chi connectivity index (χ4n) is 8.84. The van der Waals surface area contributed by atoms with Crippen molar-refractivity contribution in [1.82, 2.24) is 5.32 Å². The Morgan fingerprint density at radius 3 is 1.41 bits per heavy atom. The van der Waals surface area contributed by atoms with Gasteiger partial charge >= 0.3 is 0 Å². The number of aliphatic hydroxyl groups excluding tert-OH is 5. The molecule has 1 saturated heterocycles. The number of amides is 1. The summed E-state index contributed by atoms with van der Waals surface area (Å²) in [6.45, 7) is 3.65. The van der Waals surface area contributed by atoms with Crippen LogP contribution in [0, 0.1) is 0 Å². The van der Waals surface area contributed by atoms with Crippen LogP contribution in [-0.2, 0) is 14.3 Å². The molecule has 396 valence electrons. The van der Waals surface area contributed by atoms with E-state index in [-0.39, 0.29) is 12.5 Å². The molecule has 0 bridgehead atoms. The van der Waals surface area contributed by atoms with Gasteiger partial charge in [-0.25, -0.2) is 0 Å². The zero-order valence-electron chi connectivity index (χ0n) is 43.9. The highest BCUT2D eigenvalue weighted by molar-refractivity contribution is 5.76. The number of allylic oxidation sites excluding steroid dienone is 9. The predicted octanol–water partition coefficient (Wildman–Crippen LogP) is 13.9. The summed E-state index contributed by atoms with van der Waals surface area (Å²) in [6, 6.07) is -0.834. The quantitative estimate of drug-likeness (QED) is 0.0261. The molecule has 0 radical (unpaired) electrons. The van der Waals surface area contributed by atoms with E-state index in [4.69, 9.17) is 9.47 Å². The lowest BCUT2D eigenvalue weighted by Gasteiger charge is -2.40. The van der Waals surface area contributed by atoms with Gasteiger partial charge in [-0.15, -0.1) is 0 Å². The summed E-state index contributed by atoms with van der Waals surface area (Å²) in [4.78, 5) is 13.0. The van der Waals surface area contributed by atoms with Gasteiger partial charge in [0.05, 0.1) is 25.4 Å². The second kappa shape index (κ2) is 48.5. The van der Waals surface area contributed by atoms with E-state index in [0.717, 1.165) is 77.0 Å². The second-order valence-electron chi connectivity index (χ2n) is 19.7. The van der Waals surface area contributed by atoms with Crippen molar-refractivity contribution in [2.45, 2.75) is 294 Å². The van der Waals surface area contributed by atoms with Crippen LogP contribution in [0.2, 0.25) is 0 Å². The van der Waals surface area contributed by atoms with E-state index in [1.165, 1.54) is 154 Å². The Bertz CT molecular complexity index is 1250. The minimum absolute atomic E-state index is 0.204. The third-order valence-electron chi connectivity index (χ3n) is 13.3. The first kappa shape index (κ1) is 63.9. The Morgan fingerprint density at radius 2 is 0.926 bits per heavy atom. The highest BCUT2D eigenvalue weighted by atomic mass is 16.7. The number of nitrogens with one attached hydrogen (secondary N) is 1. The number of carbonyl (C=O) groups is 1. The van der Waals surface area contributed by atoms with Crippen LogP contribution in [0.4, 0.5) is 0 Å². The van der Waals surface area contributed by atoms with Crippen molar-refractivity contribution in [2.24, 2.45) is 0 Å². The van der Waals surface area contributed by atoms with Crippen LogP contribution in [0.1, 0.15) is 251 Å². The molecule has 0 aromatic rings. The maximum Gasteiger partial charge on any atom is 0.220 e. The topological polar surface area (TPSA) is 149 Å². The summed E-state index contributed by atoms with van der Waals surface area (Å²) < 4.78 is 11.2. The summed E-state index contributed by atoms with van der Waals surface area (Å²) in [5.41, 5.74) is 0. The summed E-state index contributed by atoms with van der Waals surface area (Å²) in [7, 11) is 0. The van der Waals surface area contributed by atoms with Gasteiger partial charge in [-0.3, -0.25) is 4.79 Å². The number of hydrogen-bond acceptors (Lipinski definition) is 8. The largest absolute Gasteiger partial charge is 0.394 e. The Morgan fingerprint density at radius 1 is 0.515 bits per heavy atom. The smallest absolute Gasteiger partial charge is 0.220 e. The van der Waals surface area contributed by atoms with Crippen LogP contribution in [0.5, 0.6) is 0 Å². The van der Waals surface area contributed by atoms with Gasteiger partial charge in [-0.1, -0.05) is 242 Å². The van der Waals surface area contributed by atoms with Crippen molar-refractivity contribution in [2.75, 3.05) is 13.2 Å². The Balaban J connectivity index is 2.21. The highest BCUT2D eigenvalue weighted by Gasteiger charge is 2.44. The van der Waals surface area contributed by atoms with Crippen LogP contribution < -0.4 is 5.32 Å². The maximum absolute atomic E-state index is 13.0. The van der Waals surface area contributed by atoms with Gasteiger partial charge in [0.2, 0.25) is 5.91 Å². The standard InChI is InChI=1S/C59H107NO8/c1-3-5-7-9-11-13-15-17-19-20-21-22-23-24-25-26-27-28-29-30-31-32-33-35-36-38-40-42-44-46-48-53(62)52(51-67-59-58(66)57(65)56(64)54(50-61)68-59)60-55(63)49-47-45-43-41-39-37-34-18-16-14-12-10-8-6-4-2/h6,8,12,14,18,34,38,40,46,48,52-54,56-59,61-62,64-66H,3-5,7,9-11,13,15-17,19-33,35-37,39,41-45,47,49-51H2,1-2H3,(H,60,63)/b8-6-,14-12-,34-18-,40-38+,48-46+. The molecule has 0 aromatic carbocycles. The van der Waals surface area contributed by atoms with Crippen molar-refractivity contribution in [1.29, 1.82) is 0 Å². The Labute approximate surface area is 417 Å². The lowest BCUT2D eigenvalue weighted by atomic mass is 9.99. The first-order valence-corrected chi connectivity index (χ1v) is 28.5. The number of hydrogen-bond donors (Lipinski definition) is 6. The minimum Gasteiger partial charge on any atom is -0.394 e. The third-order valence-corrected chi connectivity index (χ3v) is 13.3. The van der Waals surface area contributed by atoms with E-state index in [1.54, 1.807) is 6.08 Å². The van der Waals surface area contributed by atoms with E-state index < -0.39 is 49.5 Å². The van der Waals surface area contributed by atoms with Crippen molar-refractivity contribution in [3.63, 3.8) is 0 Å². The molecule has 0 aromatic heterocycles. The number of carbonyl (C=O) groups excluding carboxylic acids is 1. The predicted molar refractivity (Wildman–Crippen MR) is 286 cm³/mol. The lowest BCUT2D eigenvalue weighted by molar-refractivity contribution is -0.302. The first-order chi connectivity index (χ1) is 33.3. The van der Waals surface area contributed by atoms with E-state index in [1.807, 2.05) is 6.08 Å². The fraction of sp³-hybridized carbons (Fsp3) is 0.814. The maximum atomic E-state index is 13.0. The molecule has 9 heteroatoms. The highest BCUT2D eigenvalue weighted by Crippen LogP contribution is 2.23. The molecule has 1 amide bonds. The zero-order chi connectivity index (χ0) is 49.4. The molecular formula is C59H107NO8. The molecule has 1 heterocycles. The van der Waals surface area contributed by atoms with Gasteiger partial charge in [0.1, 0.15) is 24.4 Å². The molecule has 9 nitrogen and oxygen atoms in total. The van der Waals surface area contributed by atoms with Crippen molar-refractivity contribution >= 4 is 5.91 Å². The van der Waals surface area contributed by atoms with Gasteiger partial charge in [0.25, 0.3) is 0 Å². The van der Waals surface area contributed by atoms with Crippen LogP contribution in [0.15, 0.2) is 60.8 Å². The van der Waals surface area contributed by atoms with Crippen molar-refractivity contribution < 1.29 is 39.8 Å². The van der Waals surface area contributed by atoms with E-state index in [0.29, 0.717) is 6.42 Å². The average Bonchev–Trinajstić information content (AvgIpc) is 3.34. The molecule has 1 aliphatic rings. The minimum atomic E-state index is -1.58. The number of rotatable bonds is 48. The molecule has 6 N–H and O–H groups in total. The molecule has 7 atom stereocenters. The second-order valence-corrected chi connectivity index (χ2v) is 19.7. The molecule has 1 aliphatic heterocycles. The summed E-state index contributed by atoms with van der Waals surface area (Å²) in [5.74, 6) is -0.204. The molecular weight excluding hydrogens is 851 g/mol. The SMILES string of the molecule is CC/C=C\C/C=C\C/C=C\CCCCCCCC(=O)NC(COC1OC(CO)C(O)C(O)C1O)C(O)/C=C/CC/C=C/CCCCCCCCCCCCCCCCCCCCCCCCCC. The number of unbranched alkanes of at least 4 members (excludes halogenated alkanes) is 30. The summed E-state index contributed by atoms with van der Waals surface area (Å²) in [5, 5.41) is 54.4. The molecule has 68 heavy (non-hydrogen) atoms. The summed E-state index contributed by atoms with van der Waals surface area (Å²) >= 11 is 0. The molecule has 7 unspecified atom stereocenters. The van der Waals surface area contributed by atoms with Crippen LogP contribution in [0.3, 0.4) is 0 Å². The molecule has 0 spiro atoms. The fourth-order valence-corrected chi connectivity index (χ4v) is 8.84. The number of aliphatic hydroxyl groups is 5. The Kier molecular flexibility index (Phi) is 45.6. The van der Waals surface area contributed by atoms with Crippen molar-refractivity contribution in [3.05, 3.63) is 60.8 Å². The van der Waals surface area contributed by atoms with E-state index >= 15 is 0 Å². The molecule has 1 rings (SSSR count). The normalized spacial score (nSPS) is 20.0. The number of ether oxygens (including phenoxy) is 2. The van der Waals surface area contributed by atoms with Crippen LogP contribution >= 0.6 is 0 Å². The monoisotopic (exact) mass is 958 g/mol.